The fourth-order valence-electron chi connectivity index (χ4n) is 2.75. The van der Waals surface area contributed by atoms with Gasteiger partial charge in [-0.25, -0.2) is 4.79 Å². The van der Waals surface area contributed by atoms with Crippen LogP contribution in [-0.4, -0.2) is 11.6 Å². The van der Waals surface area contributed by atoms with E-state index in [9.17, 15) is 4.79 Å². The van der Waals surface area contributed by atoms with E-state index in [0.29, 0.717) is 5.56 Å². The lowest BCUT2D eigenvalue weighted by Gasteiger charge is -2.36. The number of ether oxygens (including phenoxy) is 1. The Morgan fingerprint density at radius 3 is 2.61 bits per heavy atom. The zero-order chi connectivity index (χ0) is 13.0. The van der Waals surface area contributed by atoms with Crippen molar-refractivity contribution < 1.29 is 9.53 Å². The van der Waals surface area contributed by atoms with Gasteiger partial charge in [0.15, 0.2) is 0 Å². The molecule has 2 heteroatoms. The van der Waals surface area contributed by atoms with Crippen LogP contribution in [0.3, 0.4) is 0 Å². The minimum Gasteiger partial charge on any atom is -0.455 e. The van der Waals surface area contributed by atoms with Crippen molar-refractivity contribution in [2.24, 2.45) is 0 Å². The van der Waals surface area contributed by atoms with Crippen LogP contribution in [0.1, 0.15) is 61.4 Å². The second-order valence-electron chi connectivity index (χ2n) is 5.36. The maximum atomic E-state index is 12.2. The Morgan fingerprint density at radius 1 is 1.28 bits per heavy atom. The highest BCUT2D eigenvalue weighted by molar-refractivity contribution is 5.89. The van der Waals surface area contributed by atoms with Crippen LogP contribution >= 0.6 is 0 Å². The summed E-state index contributed by atoms with van der Waals surface area (Å²) in [5, 5.41) is 0. The maximum Gasteiger partial charge on any atom is 0.338 e. The molecule has 1 fully saturated rings. The molecule has 0 atom stereocenters. The van der Waals surface area contributed by atoms with Crippen molar-refractivity contribution in [1.82, 2.24) is 0 Å². The third-order valence-electron chi connectivity index (χ3n) is 3.97. The number of esters is 1. The quantitative estimate of drug-likeness (QED) is 0.745. The van der Waals surface area contributed by atoms with Gasteiger partial charge in [0.05, 0.1) is 5.56 Å². The zero-order valence-corrected chi connectivity index (χ0v) is 11.4. The van der Waals surface area contributed by atoms with Crippen molar-refractivity contribution in [3.63, 3.8) is 0 Å². The molecule has 0 spiro atoms. The van der Waals surface area contributed by atoms with Crippen molar-refractivity contribution in [2.75, 3.05) is 0 Å². The fraction of sp³-hybridized carbons (Fsp3) is 0.562. The molecule has 0 saturated heterocycles. The molecule has 0 amide bonds. The molecule has 0 heterocycles. The van der Waals surface area contributed by atoms with Gasteiger partial charge in [0.1, 0.15) is 5.60 Å². The monoisotopic (exact) mass is 246 g/mol. The highest BCUT2D eigenvalue weighted by Gasteiger charge is 2.34. The Morgan fingerprint density at radius 2 is 2.00 bits per heavy atom. The highest BCUT2D eigenvalue weighted by Crippen LogP contribution is 2.35. The lowest BCUT2D eigenvalue weighted by molar-refractivity contribution is -0.0397. The zero-order valence-electron chi connectivity index (χ0n) is 11.4. The minimum atomic E-state index is -0.209. The molecule has 1 aliphatic rings. The Bertz CT molecular complexity index is 417. The smallest absolute Gasteiger partial charge is 0.338 e. The summed E-state index contributed by atoms with van der Waals surface area (Å²) in [6.45, 7) is 4.11. The summed E-state index contributed by atoms with van der Waals surface area (Å²) in [7, 11) is 0. The average molecular weight is 246 g/mol. The van der Waals surface area contributed by atoms with Gasteiger partial charge in [-0.3, -0.25) is 0 Å². The number of carbonyl (C=O) groups excluding carboxylic acids is 1. The number of hydrogen-bond donors (Lipinski definition) is 0. The van der Waals surface area contributed by atoms with Crippen LogP contribution in [0.2, 0.25) is 0 Å². The molecule has 0 aromatic heterocycles. The van der Waals surface area contributed by atoms with Gasteiger partial charge >= 0.3 is 5.97 Å². The Balaban J connectivity index is 2.10. The van der Waals surface area contributed by atoms with Gasteiger partial charge in [-0.15, -0.1) is 0 Å². The van der Waals surface area contributed by atoms with E-state index in [2.05, 4.69) is 6.92 Å². The maximum absolute atomic E-state index is 12.2. The van der Waals surface area contributed by atoms with Crippen LogP contribution in [0.25, 0.3) is 0 Å². The van der Waals surface area contributed by atoms with Crippen molar-refractivity contribution in [1.29, 1.82) is 0 Å². The molecule has 2 nitrogen and oxygen atoms in total. The van der Waals surface area contributed by atoms with Gasteiger partial charge in [-0.2, -0.15) is 0 Å². The molecular formula is C16H22O2. The molecule has 0 radical (unpaired) electrons. The molecule has 1 aromatic rings. The van der Waals surface area contributed by atoms with Crippen LogP contribution in [0.4, 0.5) is 0 Å². The molecule has 98 valence electrons. The van der Waals surface area contributed by atoms with Crippen LogP contribution in [0, 0.1) is 6.92 Å². The summed E-state index contributed by atoms with van der Waals surface area (Å²) in [6.07, 6.45) is 6.57. The molecule has 0 aliphatic heterocycles. The lowest BCUT2D eigenvalue weighted by Crippen LogP contribution is -2.36. The molecule has 0 N–H and O–H groups in total. The van der Waals surface area contributed by atoms with Crippen molar-refractivity contribution in [2.45, 2.75) is 58.0 Å². The van der Waals surface area contributed by atoms with Gasteiger partial charge in [0, 0.05) is 0 Å². The van der Waals surface area contributed by atoms with E-state index in [1.54, 1.807) is 0 Å². The third kappa shape index (κ3) is 2.92. The SMILES string of the molecule is CCC1(OC(=O)c2cccc(C)c2)CCCCC1. The summed E-state index contributed by atoms with van der Waals surface area (Å²) in [4.78, 5) is 12.2. The highest BCUT2D eigenvalue weighted by atomic mass is 16.6. The Labute approximate surface area is 109 Å². The second-order valence-corrected chi connectivity index (χ2v) is 5.36. The van der Waals surface area contributed by atoms with Crippen LogP contribution in [0.5, 0.6) is 0 Å². The number of rotatable bonds is 3. The van der Waals surface area contributed by atoms with E-state index in [0.717, 1.165) is 24.8 Å². The van der Waals surface area contributed by atoms with Crippen LogP contribution < -0.4 is 0 Å². The molecular weight excluding hydrogens is 224 g/mol. The Hall–Kier alpha value is -1.31. The minimum absolute atomic E-state index is 0.164. The first-order valence-corrected chi connectivity index (χ1v) is 6.95. The van der Waals surface area contributed by atoms with Crippen molar-refractivity contribution >= 4 is 5.97 Å². The number of benzene rings is 1. The number of aryl methyl sites for hydroxylation is 1. The molecule has 18 heavy (non-hydrogen) atoms. The summed E-state index contributed by atoms with van der Waals surface area (Å²) in [5.74, 6) is -0.164. The van der Waals surface area contributed by atoms with Gasteiger partial charge in [-0.1, -0.05) is 31.0 Å². The molecule has 0 unspecified atom stereocenters. The van der Waals surface area contributed by atoms with E-state index in [1.807, 2.05) is 31.2 Å². The van der Waals surface area contributed by atoms with E-state index in [-0.39, 0.29) is 11.6 Å². The standard InChI is InChI=1S/C16H22O2/c1-3-16(10-5-4-6-11-16)18-15(17)14-9-7-8-13(2)12-14/h7-9,12H,3-6,10-11H2,1-2H3. The van der Waals surface area contributed by atoms with E-state index >= 15 is 0 Å². The molecule has 0 bridgehead atoms. The van der Waals surface area contributed by atoms with Crippen LogP contribution in [0.15, 0.2) is 24.3 Å². The van der Waals surface area contributed by atoms with Gasteiger partial charge in [0.25, 0.3) is 0 Å². The fourth-order valence-corrected chi connectivity index (χ4v) is 2.75. The van der Waals surface area contributed by atoms with Gasteiger partial charge in [-0.05, 0) is 51.2 Å². The summed E-state index contributed by atoms with van der Waals surface area (Å²) in [6, 6.07) is 7.63. The summed E-state index contributed by atoms with van der Waals surface area (Å²) in [5.41, 5.74) is 1.56. The molecule has 2 rings (SSSR count). The van der Waals surface area contributed by atoms with Crippen molar-refractivity contribution in [3.05, 3.63) is 35.4 Å². The van der Waals surface area contributed by atoms with E-state index < -0.39 is 0 Å². The summed E-state index contributed by atoms with van der Waals surface area (Å²) < 4.78 is 5.83. The van der Waals surface area contributed by atoms with Crippen molar-refractivity contribution in [3.8, 4) is 0 Å². The normalized spacial score (nSPS) is 18.3. The first-order valence-electron chi connectivity index (χ1n) is 6.95. The number of carbonyl (C=O) groups is 1. The number of hydrogen-bond acceptors (Lipinski definition) is 2. The lowest BCUT2D eigenvalue weighted by atomic mass is 9.82. The van der Waals surface area contributed by atoms with E-state index in [4.69, 9.17) is 4.74 Å². The van der Waals surface area contributed by atoms with Crippen LogP contribution in [-0.2, 0) is 4.74 Å². The van der Waals surface area contributed by atoms with Gasteiger partial charge in [0.2, 0.25) is 0 Å². The predicted octanol–water partition coefficient (Wildman–Crippen LogP) is 4.26. The first-order chi connectivity index (χ1) is 8.65. The third-order valence-corrected chi connectivity index (χ3v) is 3.97. The Kier molecular flexibility index (Phi) is 4.05. The topological polar surface area (TPSA) is 26.3 Å². The average Bonchev–Trinajstić information content (AvgIpc) is 2.40. The first kappa shape index (κ1) is 13.1. The second kappa shape index (κ2) is 5.55. The largest absolute Gasteiger partial charge is 0.455 e. The molecule has 1 aliphatic carbocycles. The molecule has 1 saturated carbocycles. The van der Waals surface area contributed by atoms with Gasteiger partial charge < -0.3 is 4.74 Å². The van der Waals surface area contributed by atoms with E-state index in [1.165, 1.54) is 19.3 Å². The summed E-state index contributed by atoms with van der Waals surface area (Å²) >= 11 is 0. The molecule has 1 aromatic carbocycles. The predicted molar refractivity (Wildman–Crippen MR) is 72.7 cm³/mol.